The van der Waals surface area contributed by atoms with Gasteiger partial charge in [-0.2, -0.15) is 0 Å². The Kier molecular flexibility index (Phi) is 21.8. The number of likely N-dealkylation sites (tertiary alicyclic amines) is 1. The van der Waals surface area contributed by atoms with Crippen molar-refractivity contribution in [3.8, 4) is 17.2 Å². The highest BCUT2D eigenvalue weighted by Crippen LogP contribution is 2.44. The van der Waals surface area contributed by atoms with Crippen molar-refractivity contribution in [2.24, 2.45) is 11.8 Å². The van der Waals surface area contributed by atoms with E-state index in [0.717, 1.165) is 113 Å². The number of unbranched alkanes of at least 4 members (excludes halogenated alkanes) is 3. The van der Waals surface area contributed by atoms with E-state index in [4.69, 9.17) is 42.4 Å². The number of halogens is 2. The summed E-state index contributed by atoms with van der Waals surface area (Å²) in [6.07, 6.45) is 12.4. The molecule has 5 aromatic rings. The Morgan fingerprint density at radius 2 is 1.57 bits per heavy atom. The SMILES string of the molecule is CC[C@@H](C)C(=O)N[C@H](C(=O)N1CCC[C@H]1c1nc(C(=O)c2cccc(OCCCCCCNC(=O)CN3CCN(c4ccc(Nc5cc(N(C)C(=O)Nc6c(Cl)c(OC)cc(OC)c6Cl)ncn5)cc4)CC3)c2)cs1)C1CCCCC1. The number of carbonyl (C=O) groups is 5. The van der Waals surface area contributed by atoms with E-state index in [1.165, 1.54) is 42.8 Å². The largest absolute Gasteiger partial charge is 0.495 e. The van der Waals surface area contributed by atoms with Crippen LogP contribution in [0.25, 0.3) is 0 Å². The highest BCUT2D eigenvalue weighted by molar-refractivity contribution is 7.10. The van der Waals surface area contributed by atoms with E-state index < -0.39 is 12.1 Å². The summed E-state index contributed by atoms with van der Waals surface area (Å²) in [6, 6.07) is 17.1. The second-order valence-corrected chi connectivity index (χ2v) is 22.5. The average Bonchev–Trinajstić information content (AvgIpc) is 4.39. The quantitative estimate of drug-likeness (QED) is 0.0316. The van der Waals surface area contributed by atoms with E-state index in [1.54, 1.807) is 30.6 Å². The molecule has 2 saturated heterocycles. The van der Waals surface area contributed by atoms with Gasteiger partial charge in [-0.1, -0.05) is 81.3 Å². The maximum Gasteiger partial charge on any atom is 0.327 e. The van der Waals surface area contributed by atoms with E-state index in [1.807, 2.05) is 55.1 Å². The van der Waals surface area contributed by atoms with Gasteiger partial charge in [-0.05, 0) is 87.3 Å². The van der Waals surface area contributed by atoms with Gasteiger partial charge in [0, 0.05) is 86.7 Å². The molecule has 0 unspecified atom stereocenters. The molecule has 0 bridgehead atoms. The van der Waals surface area contributed by atoms with Crippen LogP contribution in [0, 0.1) is 11.8 Å². The van der Waals surface area contributed by atoms with Gasteiger partial charge in [0.1, 0.15) is 62.0 Å². The number of methoxy groups -OCH3 is 2. The first kappa shape index (κ1) is 60.4. The molecule has 5 amide bonds. The molecule has 2 aliphatic heterocycles. The predicted octanol–water partition coefficient (Wildman–Crippen LogP) is 10.6. The normalized spacial score (nSPS) is 16.5. The number of rotatable bonds is 25. The Hall–Kier alpha value is -6.74. The van der Waals surface area contributed by atoms with Crippen molar-refractivity contribution in [3.63, 3.8) is 0 Å². The first-order chi connectivity index (χ1) is 39.2. The Morgan fingerprint density at radius 1 is 0.840 bits per heavy atom. The Balaban J connectivity index is 0.702. The number of aromatic nitrogens is 3. The first-order valence-corrected chi connectivity index (χ1v) is 29.8. The molecule has 8 rings (SSSR count). The number of thiazole rings is 1. The molecule has 3 aliphatic rings. The molecule has 3 atom stereocenters. The lowest BCUT2D eigenvalue weighted by Crippen LogP contribution is -2.53. The Morgan fingerprint density at radius 3 is 2.28 bits per heavy atom. The first-order valence-electron chi connectivity index (χ1n) is 28.2. The van der Waals surface area contributed by atoms with Gasteiger partial charge < -0.3 is 45.3 Å². The fourth-order valence-corrected chi connectivity index (χ4v) is 12.0. The number of nitrogens with one attached hydrogen (secondary N) is 4. The smallest absolute Gasteiger partial charge is 0.327 e. The molecule has 3 fully saturated rings. The minimum Gasteiger partial charge on any atom is -0.495 e. The minimum atomic E-state index is -0.551. The zero-order valence-electron chi connectivity index (χ0n) is 46.9. The molecule has 3 aromatic carbocycles. The summed E-state index contributed by atoms with van der Waals surface area (Å²) in [6.45, 7) is 9.06. The molecule has 1 saturated carbocycles. The number of hydrogen-bond acceptors (Lipinski definition) is 15. The number of nitrogens with zero attached hydrogens (tertiary/aromatic N) is 7. The van der Waals surface area contributed by atoms with Crippen molar-refractivity contribution in [2.45, 2.75) is 103 Å². The molecule has 2 aromatic heterocycles. The second-order valence-electron chi connectivity index (χ2n) is 20.9. The van der Waals surface area contributed by atoms with Gasteiger partial charge >= 0.3 is 6.03 Å². The second kappa shape index (κ2) is 29.3. The molecular weight excluding hydrogens is 1090 g/mol. The molecule has 4 heterocycles. The van der Waals surface area contributed by atoms with Gasteiger partial charge in [-0.15, -0.1) is 11.3 Å². The summed E-state index contributed by atoms with van der Waals surface area (Å²) in [7, 11) is 4.46. The van der Waals surface area contributed by atoms with E-state index in [0.29, 0.717) is 61.3 Å². The van der Waals surface area contributed by atoms with Crippen LogP contribution in [-0.2, 0) is 14.4 Å². The van der Waals surface area contributed by atoms with Crippen LogP contribution in [0.2, 0.25) is 10.0 Å². The highest BCUT2D eigenvalue weighted by atomic mass is 35.5. The standard InChI is InChI=1S/C59H75Cl2N11O8S/c1-6-38(2)56(75)67-53(39-16-10-9-11-17-39)58(76)72-26-15-20-45(72)57-66-44(36-81-57)55(74)40-18-14-19-43(32-40)80-31-13-8-7-12-25-62-50(73)35-70-27-29-71(30-28-70)42-23-21-41(22-24-42)65-48-34-49(64-37-63-48)69(3)59(77)68-54-51(60)46(78-4)33-47(79-5)52(54)61/h14,18-19,21-24,32-34,36-39,45,53H,6-13,15-17,20,25-31,35H2,1-5H3,(H,62,73)(H,67,75)(H,68,77)(H,63,64,65)/t38-,45+,53+/m1/s1. The number of ether oxygens (including phenoxy) is 3. The Bertz CT molecular complexity index is 2930. The maximum absolute atomic E-state index is 14.2. The predicted molar refractivity (Wildman–Crippen MR) is 318 cm³/mol. The fourth-order valence-electron chi connectivity index (χ4n) is 10.4. The van der Waals surface area contributed by atoms with Gasteiger partial charge in [-0.3, -0.25) is 29.0 Å². The van der Waals surface area contributed by atoms with Gasteiger partial charge in [-0.25, -0.2) is 19.7 Å². The summed E-state index contributed by atoms with van der Waals surface area (Å²) in [5.41, 5.74) is 2.85. The fraction of sp³-hybridized carbons (Fsp3) is 0.492. The number of carbonyl (C=O) groups excluding carboxylic acids is 5. The monoisotopic (exact) mass is 1170 g/mol. The molecule has 434 valence electrons. The topological polar surface area (TPSA) is 213 Å². The third kappa shape index (κ3) is 15.8. The van der Waals surface area contributed by atoms with Crippen LogP contribution in [0.5, 0.6) is 17.2 Å². The van der Waals surface area contributed by atoms with Crippen LogP contribution in [0.3, 0.4) is 0 Å². The van der Waals surface area contributed by atoms with Crippen LogP contribution in [0.1, 0.15) is 118 Å². The van der Waals surface area contributed by atoms with E-state index in [-0.39, 0.29) is 68.6 Å². The number of ketones is 1. The molecule has 1 aliphatic carbocycles. The Labute approximate surface area is 488 Å². The van der Waals surface area contributed by atoms with Crippen LogP contribution >= 0.6 is 34.5 Å². The minimum absolute atomic E-state index is 0.0225. The van der Waals surface area contributed by atoms with Crippen molar-refractivity contribution in [1.82, 2.24) is 35.4 Å². The zero-order valence-corrected chi connectivity index (χ0v) is 49.3. The number of piperazine rings is 1. The number of amides is 5. The molecule has 19 nitrogen and oxygen atoms in total. The molecular formula is C59H75Cl2N11O8S. The maximum atomic E-state index is 14.2. The van der Waals surface area contributed by atoms with Gasteiger partial charge in [0.05, 0.1) is 39.1 Å². The van der Waals surface area contributed by atoms with Crippen LogP contribution in [-0.4, -0.2) is 134 Å². The summed E-state index contributed by atoms with van der Waals surface area (Å²) < 4.78 is 16.7. The van der Waals surface area contributed by atoms with Crippen molar-refractivity contribution in [3.05, 3.63) is 98.7 Å². The van der Waals surface area contributed by atoms with Crippen molar-refractivity contribution >= 4 is 92.8 Å². The van der Waals surface area contributed by atoms with Gasteiger partial charge in [0.25, 0.3) is 0 Å². The van der Waals surface area contributed by atoms with Crippen LogP contribution in [0.15, 0.2) is 72.4 Å². The van der Waals surface area contributed by atoms with E-state index >= 15 is 0 Å². The number of benzene rings is 3. The third-order valence-corrected chi connectivity index (χ3v) is 17.1. The van der Waals surface area contributed by atoms with Crippen LogP contribution < -0.4 is 45.3 Å². The van der Waals surface area contributed by atoms with Crippen LogP contribution in [0.4, 0.5) is 33.5 Å². The van der Waals surface area contributed by atoms with Gasteiger partial charge in [0.15, 0.2) is 0 Å². The molecule has 4 N–H and O–H groups in total. The number of urea groups is 1. The van der Waals surface area contributed by atoms with Crippen molar-refractivity contribution in [1.29, 1.82) is 0 Å². The summed E-state index contributed by atoms with van der Waals surface area (Å²) in [5, 5.41) is 15.0. The van der Waals surface area contributed by atoms with E-state index in [9.17, 15) is 24.0 Å². The molecule has 0 radical (unpaired) electrons. The number of hydrogen-bond donors (Lipinski definition) is 4. The molecule has 81 heavy (non-hydrogen) atoms. The zero-order chi connectivity index (χ0) is 57.4. The van der Waals surface area contributed by atoms with E-state index in [2.05, 4.69) is 41.0 Å². The lowest BCUT2D eigenvalue weighted by Gasteiger charge is -2.35. The number of anilines is 5. The van der Waals surface area contributed by atoms with Crippen molar-refractivity contribution < 1.29 is 38.2 Å². The molecule has 22 heteroatoms. The third-order valence-electron chi connectivity index (χ3n) is 15.4. The summed E-state index contributed by atoms with van der Waals surface area (Å²) >= 11 is 14.3. The highest BCUT2D eigenvalue weighted by Gasteiger charge is 2.40. The lowest BCUT2D eigenvalue weighted by atomic mass is 9.83. The molecule has 0 spiro atoms. The van der Waals surface area contributed by atoms with Gasteiger partial charge in [0.2, 0.25) is 23.5 Å². The summed E-state index contributed by atoms with van der Waals surface area (Å²) in [4.78, 5) is 88.3. The lowest BCUT2D eigenvalue weighted by molar-refractivity contribution is -0.140. The average molecular weight is 1170 g/mol. The van der Waals surface area contributed by atoms with Crippen molar-refractivity contribution in [2.75, 3.05) is 94.1 Å². The summed E-state index contributed by atoms with van der Waals surface area (Å²) in [5.74, 6) is 1.69.